The summed E-state index contributed by atoms with van der Waals surface area (Å²) in [5, 5.41) is 12.1. The van der Waals surface area contributed by atoms with Gasteiger partial charge in [0.1, 0.15) is 6.07 Å². The zero-order chi connectivity index (χ0) is 6.69. The second kappa shape index (κ2) is 2.18. The quantitative estimate of drug-likeness (QED) is 0.567. The normalized spacial score (nSPS) is 8.44. The van der Waals surface area contributed by atoms with Crippen molar-refractivity contribution < 1.29 is 0 Å². The molecular weight excluding hydrogens is 116 g/mol. The Hall–Kier alpha value is -1.50. The number of hydrogen-bond acceptors (Lipinski definition) is 3. The molecule has 1 N–H and O–H groups in total. The summed E-state index contributed by atoms with van der Waals surface area (Å²) in [5.74, 6) is 0. The maximum absolute atomic E-state index is 8.32. The summed E-state index contributed by atoms with van der Waals surface area (Å²) in [6.07, 6.45) is 3.11. The first kappa shape index (κ1) is 5.63. The highest BCUT2D eigenvalue weighted by Gasteiger charge is 1.91. The first-order valence-electron chi connectivity index (χ1n) is 2.49. The average molecular weight is 122 g/mol. The summed E-state index contributed by atoms with van der Waals surface area (Å²) < 4.78 is 0. The molecule has 1 aromatic heterocycles. The molecule has 0 aliphatic carbocycles. The van der Waals surface area contributed by atoms with Crippen LogP contribution < -0.4 is 5.43 Å². The van der Waals surface area contributed by atoms with Crippen LogP contribution in [0.25, 0.3) is 0 Å². The Balaban J connectivity index is 2.90. The smallest absolute Gasteiger partial charge is 0.103 e. The van der Waals surface area contributed by atoms with Crippen LogP contribution >= 0.6 is 0 Å². The molecule has 0 aliphatic rings. The number of hydrogen-bond donors (Lipinski definition) is 1. The first-order valence-corrected chi connectivity index (χ1v) is 2.49. The standard InChI is InChI=1S/C5H6N4/c1-7-9-4-5(2-6)3-8-9/h3-4,7H,1H3. The van der Waals surface area contributed by atoms with Crippen LogP contribution in [0.3, 0.4) is 0 Å². The lowest BCUT2D eigenvalue weighted by molar-refractivity contribution is 0.782. The van der Waals surface area contributed by atoms with E-state index in [1.807, 2.05) is 6.07 Å². The molecule has 4 nitrogen and oxygen atoms in total. The fraction of sp³-hybridized carbons (Fsp3) is 0.200. The minimum atomic E-state index is 0.560. The third-order valence-corrected chi connectivity index (χ3v) is 0.941. The lowest BCUT2D eigenvalue weighted by atomic mass is 10.4. The average Bonchev–Trinajstić information content (AvgIpc) is 2.34. The Morgan fingerprint density at radius 3 is 3.00 bits per heavy atom. The molecule has 1 rings (SSSR count). The summed E-state index contributed by atoms with van der Waals surface area (Å²) in [4.78, 5) is 1.47. The maximum atomic E-state index is 8.32. The SMILES string of the molecule is CNn1cc(C#N)cn1. The molecular formula is C5H6N4. The molecule has 0 aromatic carbocycles. The van der Waals surface area contributed by atoms with Gasteiger partial charge in [0.05, 0.1) is 18.0 Å². The number of rotatable bonds is 1. The van der Waals surface area contributed by atoms with Gasteiger partial charge < -0.3 is 5.43 Å². The van der Waals surface area contributed by atoms with Crippen LogP contribution in [-0.2, 0) is 0 Å². The number of nitriles is 1. The van der Waals surface area contributed by atoms with Gasteiger partial charge >= 0.3 is 0 Å². The van der Waals surface area contributed by atoms with Crippen molar-refractivity contribution in [2.75, 3.05) is 12.5 Å². The molecule has 0 radical (unpaired) electrons. The number of nitrogens with one attached hydrogen (secondary N) is 1. The molecule has 1 aromatic rings. The Labute approximate surface area is 52.7 Å². The van der Waals surface area contributed by atoms with Gasteiger partial charge in [-0.05, 0) is 0 Å². The summed E-state index contributed by atoms with van der Waals surface area (Å²) in [6.45, 7) is 0. The van der Waals surface area contributed by atoms with Crippen molar-refractivity contribution in [1.29, 1.82) is 5.26 Å². The summed E-state index contributed by atoms with van der Waals surface area (Å²) in [5.41, 5.74) is 3.30. The van der Waals surface area contributed by atoms with Gasteiger partial charge in [-0.25, -0.2) is 0 Å². The third kappa shape index (κ3) is 0.995. The predicted octanol–water partition coefficient (Wildman–Crippen LogP) is -0.0719. The molecule has 0 amide bonds. The minimum absolute atomic E-state index is 0.560. The van der Waals surface area contributed by atoms with Crippen molar-refractivity contribution in [1.82, 2.24) is 9.89 Å². The Bertz CT molecular complexity index is 231. The van der Waals surface area contributed by atoms with E-state index in [1.54, 1.807) is 13.2 Å². The topological polar surface area (TPSA) is 53.6 Å². The summed E-state index contributed by atoms with van der Waals surface area (Å²) >= 11 is 0. The Morgan fingerprint density at radius 2 is 2.67 bits per heavy atom. The van der Waals surface area contributed by atoms with Crippen molar-refractivity contribution in [3.8, 4) is 6.07 Å². The molecule has 0 saturated heterocycles. The maximum Gasteiger partial charge on any atom is 0.103 e. The monoisotopic (exact) mass is 122 g/mol. The predicted molar refractivity (Wildman–Crippen MR) is 32.2 cm³/mol. The van der Waals surface area contributed by atoms with E-state index in [1.165, 1.54) is 11.0 Å². The molecule has 0 saturated carbocycles. The molecule has 0 spiro atoms. The van der Waals surface area contributed by atoms with E-state index < -0.39 is 0 Å². The van der Waals surface area contributed by atoms with Crippen LogP contribution in [0.2, 0.25) is 0 Å². The Morgan fingerprint density at radius 1 is 1.89 bits per heavy atom. The van der Waals surface area contributed by atoms with Crippen molar-refractivity contribution >= 4 is 0 Å². The lowest BCUT2D eigenvalue weighted by Gasteiger charge is -1.92. The van der Waals surface area contributed by atoms with Crippen molar-refractivity contribution in [2.24, 2.45) is 0 Å². The van der Waals surface area contributed by atoms with E-state index in [-0.39, 0.29) is 0 Å². The highest BCUT2D eigenvalue weighted by molar-refractivity contribution is 5.21. The van der Waals surface area contributed by atoms with Gasteiger partial charge in [-0.15, -0.1) is 0 Å². The van der Waals surface area contributed by atoms with Crippen LogP contribution in [0.5, 0.6) is 0 Å². The molecule has 1 heterocycles. The van der Waals surface area contributed by atoms with E-state index in [0.29, 0.717) is 5.56 Å². The van der Waals surface area contributed by atoms with Crippen molar-refractivity contribution in [3.05, 3.63) is 18.0 Å². The molecule has 0 aliphatic heterocycles. The Kier molecular flexibility index (Phi) is 1.36. The minimum Gasteiger partial charge on any atom is -0.313 e. The van der Waals surface area contributed by atoms with Gasteiger partial charge in [0.15, 0.2) is 0 Å². The van der Waals surface area contributed by atoms with Crippen LogP contribution in [0.15, 0.2) is 12.4 Å². The molecule has 0 bridgehead atoms. The molecule has 9 heavy (non-hydrogen) atoms. The van der Waals surface area contributed by atoms with E-state index >= 15 is 0 Å². The lowest BCUT2D eigenvalue weighted by Crippen LogP contribution is -2.07. The molecule has 46 valence electrons. The van der Waals surface area contributed by atoms with Crippen LogP contribution in [0.4, 0.5) is 0 Å². The van der Waals surface area contributed by atoms with Gasteiger partial charge in [-0.1, -0.05) is 0 Å². The van der Waals surface area contributed by atoms with Crippen LogP contribution in [0, 0.1) is 11.3 Å². The van der Waals surface area contributed by atoms with E-state index in [4.69, 9.17) is 5.26 Å². The molecule has 0 fully saturated rings. The third-order valence-electron chi connectivity index (χ3n) is 0.941. The molecule has 0 atom stereocenters. The zero-order valence-electron chi connectivity index (χ0n) is 5.00. The fourth-order valence-corrected chi connectivity index (χ4v) is 0.503. The number of nitrogens with zero attached hydrogens (tertiary/aromatic N) is 3. The van der Waals surface area contributed by atoms with E-state index in [2.05, 4.69) is 10.5 Å². The van der Waals surface area contributed by atoms with Gasteiger partial charge in [0, 0.05) is 7.05 Å². The van der Waals surface area contributed by atoms with Crippen LogP contribution in [0.1, 0.15) is 5.56 Å². The highest BCUT2D eigenvalue weighted by Crippen LogP contribution is 1.90. The molecule has 0 unspecified atom stereocenters. The largest absolute Gasteiger partial charge is 0.313 e. The van der Waals surface area contributed by atoms with Gasteiger partial charge in [-0.3, -0.25) is 0 Å². The summed E-state index contributed by atoms with van der Waals surface area (Å²) in [7, 11) is 1.73. The fourth-order valence-electron chi connectivity index (χ4n) is 0.503. The molecule has 4 heteroatoms. The van der Waals surface area contributed by atoms with Crippen molar-refractivity contribution in [3.63, 3.8) is 0 Å². The van der Waals surface area contributed by atoms with E-state index in [9.17, 15) is 0 Å². The zero-order valence-corrected chi connectivity index (χ0v) is 5.00. The first-order chi connectivity index (χ1) is 4.36. The number of aromatic nitrogens is 2. The summed E-state index contributed by atoms with van der Waals surface area (Å²) in [6, 6.07) is 1.96. The van der Waals surface area contributed by atoms with Gasteiger partial charge in [0.25, 0.3) is 0 Å². The highest BCUT2D eigenvalue weighted by atomic mass is 15.5. The van der Waals surface area contributed by atoms with Crippen LogP contribution in [-0.4, -0.2) is 16.9 Å². The van der Waals surface area contributed by atoms with Gasteiger partial charge in [-0.2, -0.15) is 15.2 Å². The van der Waals surface area contributed by atoms with Crippen molar-refractivity contribution in [2.45, 2.75) is 0 Å². The van der Waals surface area contributed by atoms with Gasteiger partial charge in [0.2, 0.25) is 0 Å². The second-order valence-electron chi connectivity index (χ2n) is 1.51. The van der Waals surface area contributed by atoms with E-state index in [0.717, 1.165) is 0 Å². The second-order valence-corrected chi connectivity index (χ2v) is 1.51.